The third-order valence-corrected chi connectivity index (χ3v) is 3.84. The van der Waals surface area contributed by atoms with Crippen molar-refractivity contribution < 1.29 is 4.74 Å². The number of fused-ring (bicyclic) bond motifs is 1. The summed E-state index contributed by atoms with van der Waals surface area (Å²) < 4.78 is 7.18. The average molecular weight is 275 g/mol. The van der Waals surface area contributed by atoms with Crippen molar-refractivity contribution in [1.29, 1.82) is 0 Å². The van der Waals surface area contributed by atoms with E-state index in [1.807, 2.05) is 14.0 Å². The highest BCUT2D eigenvalue weighted by atomic mass is 16.5. The summed E-state index contributed by atoms with van der Waals surface area (Å²) in [7, 11) is 3.54. The van der Waals surface area contributed by atoms with Crippen LogP contribution >= 0.6 is 0 Å². The zero-order chi connectivity index (χ0) is 14.1. The molecule has 0 atom stereocenters. The monoisotopic (exact) mass is 275 g/mol. The molecule has 0 unspecified atom stereocenters. The quantitative estimate of drug-likeness (QED) is 0.839. The fourth-order valence-corrected chi connectivity index (χ4v) is 2.86. The van der Waals surface area contributed by atoms with Gasteiger partial charge in [-0.25, -0.2) is 14.6 Å². The zero-order valence-corrected chi connectivity index (χ0v) is 12.4. The third kappa shape index (κ3) is 2.19. The van der Waals surface area contributed by atoms with Crippen LogP contribution in [-0.4, -0.2) is 39.9 Å². The van der Waals surface area contributed by atoms with Crippen LogP contribution in [-0.2, 0) is 7.05 Å². The van der Waals surface area contributed by atoms with Crippen LogP contribution in [0.25, 0.3) is 11.0 Å². The molecule has 2 aromatic heterocycles. The van der Waals surface area contributed by atoms with Crippen molar-refractivity contribution in [3.05, 3.63) is 5.82 Å². The molecule has 1 aliphatic heterocycles. The molecular weight excluding hydrogens is 254 g/mol. The van der Waals surface area contributed by atoms with Crippen LogP contribution in [0.1, 0.15) is 31.5 Å². The summed E-state index contributed by atoms with van der Waals surface area (Å²) in [5.41, 5.74) is 0.841. The number of nitrogens with zero attached hydrogens (tertiary/aromatic N) is 5. The van der Waals surface area contributed by atoms with Gasteiger partial charge < -0.3 is 9.64 Å². The van der Waals surface area contributed by atoms with Crippen LogP contribution in [0.3, 0.4) is 0 Å². The van der Waals surface area contributed by atoms with Crippen LogP contribution < -0.4 is 9.64 Å². The largest absolute Gasteiger partial charge is 0.479 e. The second kappa shape index (κ2) is 5.26. The lowest BCUT2D eigenvalue weighted by Gasteiger charge is -2.22. The number of ether oxygens (including phenoxy) is 1. The van der Waals surface area contributed by atoms with Gasteiger partial charge in [0.15, 0.2) is 5.65 Å². The molecule has 1 aliphatic rings. The van der Waals surface area contributed by atoms with Crippen molar-refractivity contribution in [3.63, 3.8) is 0 Å². The number of hydrogen-bond donors (Lipinski definition) is 0. The van der Waals surface area contributed by atoms with Crippen LogP contribution in [0.4, 0.5) is 5.82 Å². The Balaban J connectivity index is 2.17. The smallest absolute Gasteiger partial charge is 0.246 e. The predicted octanol–water partition coefficient (Wildman–Crippen LogP) is 2.06. The lowest BCUT2D eigenvalue weighted by atomic mass is 10.2. The topological polar surface area (TPSA) is 56.1 Å². The Hall–Kier alpha value is -1.85. The molecule has 0 radical (unpaired) electrons. The first-order valence-corrected chi connectivity index (χ1v) is 7.21. The first-order valence-electron chi connectivity index (χ1n) is 7.21. The molecular formula is C14H21N5O. The molecule has 3 heterocycles. The fourth-order valence-electron chi connectivity index (χ4n) is 2.86. The molecule has 0 aliphatic carbocycles. The Morgan fingerprint density at radius 3 is 2.40 bits per heavy atom. The van der Waals surface area contributed by atoms with Crippen molar-refractivity contribution in [2.45, 2.75) is 32.6 Å². The van der Waals surface area contributed by atoms with Gasteiger partial charge in [0.05, 0.1) is 7.11 Å². The molecule has 0 bridgehead atoms. The Morgan fingerprint density at radius 2 is 1.75 bits per heavy atom. The van der Waals surface area contributed by atoms with Gasteiger partial charge in [0.2, 0.25) is 5.88 Å². The number of anilines is 1. The highest BCUT2D eigenvalue weighted by molar-refractivity contribution is 5.92. The van der Waals surface area contributed by atoms with Crippen molar-refractivity contribution in [2.75, 3.05) is 25.1 Å². The number of rotatable bonds is 2. The molecule has 0 amide bonds. The van der Waals surface area contributed by atoms with Gasteiger partial charge in [-0.2, -0.15) is 0 Å². The zero-order valence-electron chi connectivity index (χ0n) is 12.4. The van der Waals surface area contributed by atoms with E-state index in [2.05, 4.69) is 20.0 Å². The van der Waals surface area contributed by atoms with Crippen molar-refractivity contribution in [2.24, 2.45) is 7.05 Å². The minimum atomic E-state index is 0.613. The first-order chi connectivity index (χ1) is 9.70. The molecule has 3 rings (SSSR count). The number of hydrogen-bond acceptors (Lipinski definition) is 5. The Morgan fingerprint density at radius 1 is 1.05 bits per heavy atom. The Kier molecular flexibility index (Phi) is 3.46. The molecule has 6 heteroatoms. The molecule has 0 spiro atoms. The van der Waals surface area contributed by atoms with E-state index < -0.39 is 0 Å². The molecule has 6 nitrogen and oxygen atoms in total. The summed E-state index contributed by atoms with van der Waals surface area (Å²) in [6, 6.07) is 0. The van der Waals surface area contributed by atoms with Crippen LogP contribution in [0.15, 0.2) is 0 Å². The summed E-state index contributed by atoms with van der Waals surface area (Å²) in [4.78, 5) is 11.5. The lowest BCUT2D eigenvalue weighted by molar-refractivity contribution is 0.396. The first kappa shape index (κ1) is 13.1. The van der Waals surface area contributed by atoms with Gasteiger partial charge in [-0.05, 0) is 19.8 Å². The van der Waals surface area contributed by atoms with E-state index >= 15 is 0 Å². The minimum Gasteiger partial charge on any atom is -0.479 e. The molecule has 0 aromatic carbocycles. The highest BCUT2D eigenvalue weighted by Crippen LogP contribution is 2.32. The van der Waals surface area contributed by atoms with Crippen molar-refractivity contribution >= 4 is 16.9 Å². The summed E-state index contributed by atoms with van der Waals surface area (Å²) in [6.07, 6.45) is 5.03. The van der Waals surface area contributed by atoms with Gasteiger partial charge in [0, 0.05) is 20.1 Å². The SMILES string of the molecule is COc1nn(C)c2nc(C)nc(N3CCCCCC3)c12. The molecule has 0 N–H and O–H groups in total. The van der Waals surface area contributed by atoms with Crippen LogP contribution in [0.5, 0.6) is 5.88 Å². The van der Waals surface area contributed by atoms with Crippen molar-refractivity contribution in [1.82, 2.24) is 19.7 Å². The second-order valence-corrected chi connectivity index (χ2v) is 5.33. The van der Waals surface area contributed by atoms with Gasteiger partial charge in [-0.1, -0.05) is 12.8 Å². The summed E-state index contributed by atoms with van der Waals surface area (Å²) >= 11 is 0. The molecule has 1 fully saturated rings. The minimum absolute atomic E-state index is 0.613. The van der Waals surface area contributed by atoms with Gasteiger partial charge in [0.25, 0.3) is 0 Å². The van der Waals surface area contributed by atoms with Gasteiger partial charge in [-0.3, -0.25) is 0 Å². The second-order valence-electron chi connectivity index (χ2n) is 5.33. The molecule has 20 heavy (non-hydrogen) atoms. The van der Waals surface area contributed by atoms with E-state index in [1.165, 1.54) is 25.7 Å². The molecule has 0 saturated carbocycles. The standard InChI is InChI=1S/C14H21N5O/c1-10-15-12-11(14(20-3)17-18(12)2)13(16-10)19-8-6-4-5-7-9-19/h4-9H2,1-3H3. The maximum absolute atomic E-state index is 5.41. The van der Waals surface area contributed by atoms with Gasteiger partial charge >= 0.3 is 0 Å². The summed E-state index contributed by atoms with van der Waals surface area (Å²) in [6.45, 7) is 4.02. The maximum Gasteiger partial charge on any atom is 0.246 e. The Bertz CT molecular complexity index is 614. The van der Waals surface area contributed by atoms with Gasteiger partial charge in [0.1, 0.15) is 17.0 Å². The molecule has 108 valence electrons. The number of aryl methyl sites for hydroxylation is 2. The van der Waals surface area contributed by atoms with Crippen LogP contribution in [0, 0.1) is 6.92 Å². The van der Waals surface area contributed by atoms with Crippen molar-refractivity contribution in [3.8, 4) is 5.88 Å². The highest BCUT2D eigenvalue weighted by Gasteiger charge is 2.21. The van der Waals surface area contributed by atoms with E-state index in [4.69, 9.17) is 4.74 Å². The van der Waals surface area contributed by atoms with E-state index in [1.54, 1.807) is 11.8 Å². The lowest BCUT2D eigenvalue weighted by Crippen LogP contribution is -2.25. The van der Waals surface area contributed by atoms with E-state index in [9.17, 15) is 0 Å². The normalized spacial score (nSPS) is 16.4. The molecule has 1 saturated heterocycles. The van der Waals surface area contributed by atoms with E-state index in [0.29, 0.717) is 5.88 Å². The Labute approximate surface area is 118 Å². The maximum atomic E-state index is 5.41. The molecule has 2 aromatic rings. The van der Waals surface area contributed by atoms with E-state index in [0.717, 1.165) is 35.8 Å². The third-order valence-electron chi connectivity index (χ3n) is 3.84. The summed E-state index contributed by atoms with van der Waals surface area (Å²) in [5.74, 6) is 2.36. The number of methoxy groups -OCH3 is 1. The fraction of sp³-hybridized carbons (Fsp3) is 0.643. The predicted molar refractivity (Wildman–Crippen MR) is 78.3 cm³/mol. The van der Waals surface area contributed by atoms with E-state index in [-0.39, 0.29) is 0 Å². The summed E-state index contributed by atoms with van der Waals surface area (Å²) in [5, 5.41) is 5.33. The van der Waals surface area contributed by atoms with Crippen LogP contribution in [0.2, 0.25) is 0 Å². The van der Waals surface area contributed by atoms with Gasteiger partial charge in [-0.15, -0.1) is 5.10 Å². The average Bonchev–Trinajstić information content (AvgIpc) is 2.65. The number of aromatic nitrogens is 4.